The molecule has 0 aromatic heterocycles. The molecule has 0 saturated heterocycles. The Balaban J connectivity index is 4.90. The smallest absolute Gasteiger partial charge is 0.305 e. The zero-order chi connectivity index (χ0) is 17.1. The van der Waals surface area contributed by atoms with Crippen LogP contribution >= 0.6 is 0 Å². The van der Waals surface area contributed by atoms with Crippen LogP contribution in [0.5, 0.6) is 0 Å². The Bertz CT molecular complexity index is 380. The highest BCUT2D eigenvalue weighted by Gasteiger charge is 2.40. The van der Waals surface area contributed by atoms with E-state index < -0.39 is 20.4 Å². The average Bonchev–Trinajstić information content (AvgIpc) is 2.08. The number of carbonyl (C=O) groups is 2. The number of hydrogen-bond donors (Lipinski definition) is 2. The van der Waals surface area contributed by atoms with Gasteiger partial charge in [0.1, 0.15) is 0 Å². The Morgan fingerprint density at radius 1 is 1.10 bits per heavy atom. The molecule has 21 heavy (non-hydrogen) atoms. The highest BCUT2D eigenvalue weighted by molar-refractivity contribution is 6.74. The molecule has 0 aliphatic heterocycles. The quantitative estimate of drug-likeness (QED) is 0.738. The van der Waals surface area contributed by atoms with Crippen LogP contribution in [0.25, 0.3) is 0 Å². The highest BCUT2D eigenvalue weighted by atomic mass is 28.4. The van der Waals surface area contributed by atoms with E-state index >= 15 is 0 Å². The van der Waals surface area contributed by atoms with Crippen LogP contribution < -0.4 is 5.32 Å². The van der Waals surface area contributed by atoms with E-state index in [-0.39, 0.29) is 29.3 Å². The lowest BCUT2D eigenvalue weighted by Crippen LogP contribution is -2.47. The molecular weight excluding hydrogens is 286 g/mol. The third-order valence-electron chi connectivity index (χ3n) is 3.60. The van der Waals surface area contributed by atoms with Crippen LogP contribution in [0.4, 0.5) is 0 Å². The number of nitrogens with one attached hydrogen (secondary N) is 1. The number of carbonyl (C=O) groups excluding carboxylic acids is 1. The fourth-order valence-electron chi connectivity index (χ4n) is 1.62. The minimum absolute atomic E-state index is 0.0236. The number of hydrogen-bond acceptors (Lipinski definition) is 3. The van der Waals surface area contributed by atoms with Gasteiger partial charge in [-0.1, -0.05) is 20.8 Å². The lowest BCUT2D eigenvalue weighted by molar-refractivity contribution is -0.139. The number of rotatable bonds is 6. The highest BCUT2D eigenvalue weighted by Crippen LogP contribution is 2.38. The molecule has 0 bridgehead atoms. The first-order chi connectivity index (χ1) is 9.14. The second kappa shape index (κ2) is 6.92. The van der Waals surface area contributed by atoms with E-state index in [9.17, 15) is 9.59 Å². The molecule has 0 aliphatic rings. The summed E-state index contributed by atoms with van der Waals surface area (Å²) in [6, 6.07) is 0. The fraction of sp³-hybridized carbons (Fsp3) is 0.867. The minimum atomic E-state index is -2.10. The van der Waals surface area contributed by atoms with Crippen molar-refractivity contribution in [3.8, 4) is 0 Å². The Hall–Kier alpha value is -0.883. The summed E-state index contributed by atoms with van der Waals surface area (Å²) in [7, 11) is -2.10. The predicted octanol–water partition coefficient (Wildman–Crippen LogP) is 3.16. The van der Waals surface area contributed by atoms with Gasteiger partial charge in [-0.25, -0.2) is 0 Å². The largest absolute Gasteiger partial charge is 0.481 e. The number of amides is 1. The van der Waals surface area contributed by atoms with Gasteiger partial charge in [0.25, 0.3) is 0 Å². The van der Waals surface area contributed by atoms with E-state index in [0.29, 0.717) is 0 Å². The summed E-state index contributed by atoms with van der Waals surface area (Å²) in [5.74, 6) is -1.12. The molecule has 1 atom stereocenters. The Morgan fingerprint density at radius 2 is 1.57 bits per heavy atom. The van der Waals surface area contributed by atoms with Crippen molar-refractivity contribution in [2.45, 2.75) is 84.2 Å². The third kappa shape index (κ3) is 8.21. The van der Waals surface area contributed by atoms with Gasteiger partial charge in [-0.05, 0) is 38.9 Å². The molecule has 0 heterocycles. The fourth-order valence-corrected chi connectivity index (χ4v) is 2.97. The van der Waals surface area contributed by atoms with E-state index in [1.54, 1.807) is 0 Å². The first kappa shape index (κ1) is 20.1. The molecule has 2 N–H and O–H groups in total. The van der Waals surface area contributed by atoms with Gasteiger partial charge in [-0.2, -0.15) is 0 Å². The van der Waals surface area contributed by atoms with Gasteiger partial charge in [0.15, 0.2) is 8.32 Å². The van der Waals surface area contributed by atoms with Crippen molar-refractivity contribution in [2.24, 2.45) is 0 Å². The lowest BCUT2D eigenvalue weighted by Gasteiger charge is -2.39. The summed E-state index contributed by atoms with van der Waals surface area (Å²) < 4.78 is 6.10. The molecule has 0 rings (SSSR count). The van der Waals surface area contributed by atoms with Gasteiger partial charge in [-0.3, -0.25) is 9.59 Å². The molecular formula is C15H31NO4Si. The van der Waals surface area contributed by atoms with Crippen molar-refractivity contribution in [1.29, 1.82) is 0 Å². The van der Waals surface area contributed by atoms with Crippen LogP contribution in [0.15, 0.2) is 0 Å². The number of carboxylic acids is 1. The van der Waals surface area contributed by atoms with Crippen molar-refractivity contribution in [3.05, 3.63) is 0 Å². The molecule has 0 aromatic carbocycles. The van der Waals surface area contributed by atoms with Gasteiger partial charge >= 0.3 is 5.97 Å². The molecule has 1 amide bonds. The van der Waals surface area contributed by atoms with Crippen LogP contribution in [-0.4, -0.2) is 36.9 Å². The molecule has 124 valence electrons. The van der Waals surface area contributed by atoms with E-state index in [2.05, 4.69) is 39.2 Å². The lowest BCUT2D eigenvalue weighted by atomic mass is 10.1. The van der Waals surface area contributed by atoms with Crippen LogP contribution in [0.2, 0.25) is 18.1 Å². The summed E-state index contributed by atoms with van der Waals surface area (Å²) in [5.41, 5.74) is -0.332. The van der Waals surface area contributed by atoms with Crippen LogP contribution in [0, 0.1) is 0 Å². The normalized spacial score (nSPS) is 14.7. The second-order valence-corrected chi connectivity index (χ2v) is 12.9. The SMILES string of the molecule is CC(C)(C)NC(=O)CC(CC(=O)O)O[Si](C)(C)C(C)(C)C. The molecule has 0 spiro atoms. The average molecular weight is 318 g/mol. The zero-order valence-electron chi connectivity index (χ0n) is 14.7. The topological polar surface area (TPSA) is 75.6 Å². The maximum atomic E-state index is 12.0. The molecule has 5 nitrogen and oxygen atoms in total. The van der Waals surface area contributed by atoms with Gasteiger partial charge in [-0.15, -0.1) is 0 Å². The van der Waals surface area contributed by atoms with Crippen molar-refractivity contribution in [1.82, 2.24) is 5.32 Å². The summed E-state index contributed by atoms with van der Waals surface area (Å²) in [5, 5.41) is 11.9. The van der Waals surface area contributed by atoms with Gasteiger partial charge in [0.05, 0.1) is 18.9 Å². The first-order valence-electron chi connectivity index (χ1n) is 7.35. The van der Waals surface area contributed by atoms with E-state index in [1.165, 1.54) is 0 Å². The van der Waals surface area contributed by atoms with Crippen molar-refractivity contribution >= 4 is 20.2 Å². The summed E-state index contributed by atoms with van der Waals surface area (Å²) in [4.78, 5) is 23.0. The van der Waals surface area contributed by atoms with E-state index in [0.717, 1.165) is 0 Å². The Morgan fingerprint density at radius 3 is 1.90 bits per heavy atom. The monoisotopic (exact) mass is 317 g/mol. The molecule has 6 heteroatoms. The second-order valence-electron chi connectivity index (χ2n) is 8.10. The van der Waals surface area contributed by atoms with Gasteiger partial charge in [0.2, 0.25) is 5.91 Å². The van der Waals surface area contributed by atoms with Crippen LogP contribution in [-0.2, 0) is 14.0 Å². The summed E-state index contributed by atoms with van der Waals surface area (Å²) in [6.45, 7) is 16.1. The van der Waals surface area contributed by atoms with Gasteiger partial charge < -0.3 is 14.8 Å². The zero-order valence-corrected chi connectivity index (χ0v) is 15.7. The van der Waals surface area contributed by atoms with Crippen molar-refractivity contribution in [3.63, 3.8) is 0 Å². The molecule has 0 radical (unpaired) electrons. The minimum Gasteiger partial charge on any atom is -0.481 e. The van der Waals surface area contributed by atoms with E-state index in [4.69, 9.17) is 9.53 Å². The first-order valence-corrected chi connectivity index (χ1v) is 10.3. The van der Waals surface area contributed by atoms with Crippen molar-refractivity contribution < 1.29 is 19.1 Å². The van der Waals surface area contributed by atoms with Gasteiger partial charge in [0, 0.05) is 5.54 Å². The maximum absolute atomic E-state index is 12.0. The Kier molecular flexibility index (Phi) is 6.63. The molecule has 0 aromatic rings. The summed E-state index contributed by atoms with van der Waals surface area (Å²) >= 11 is 0. The maximum Gasteiger partial charge on any atom is 0.305 e. The van der Waals surface area contributed by atoms with Crippen LogP contribution in [0.1, 0.15) is 54.4 Å². The molecule has 0 saturated carbocycles. The molecule has 0 fully saturated rings. The number of carboxylic acid groups (broad SMARTS) is 1. The van der Waals surface area contributed by atoms with Crippen LogP contribution in [0.3, 0.4) is 0 Å². The summed E-state index contributed by atoms with van der Waals surface area (Å²) in [6.07, 6.45) is -0.647. The molecule has 0 aliphatic carbocycles. The standard InChI is InChI=1S/C15H31NO4Si/c1-14(2,3)16-12(17)9-11(10-13(18)19)20-21(7,8)15(4,5)6/h11H,9-10H2,1-8H3,(H,16,17)(H,18,19). The predicted molar refractivity (Wildman–Crippen MR) is 86.8 cm³/mol. The molecule has 1 unspecified atom stereocenters. The van der Waals surface area contributed by atoms with Crippen molar-refractivity contribution in [2.75, 3.05) is 0 Å². The number of aliphatic carboxylic acids is 1. The Labute approximate surface area is 129 Å². The van der Waals surface area contributed by atoms with E-state index in [1.807, 2.05) is 20.8 Å². The third-order valence-corrected chi connectivity index (χ3v) is 8.13.